The van der Waals surface area contributed by atoms with E-state index in [-0.39, 0.29) is 12.4 Å². The molecule has 0 N–H and O–H groups in total. The summed E-state index contributed by atoms with van der Waals surface area (Å²) in [5.74, 6) is 6.29. The first-order valence-corrected chi connectivity index (χ1v) is 9.14. The lowest BCUT2D eigenvalue weighted by Gasteiger charge is -2.09. The molecule has 1 fully saturated rings. The van der Waals surface area contributed by atoms with Gasteiger partial charge in [-0.1, -0.05) is 23.1 Å². The van der Waals surface area contributed by atoms with E-state index < -0.39 is 0 Å². The van der Waals surface area contributed by atoms with Crippen LogP contribution in [0.1, 0.15) is 29.7 Å². The number of rotatable bonds is 6. The smallest absolute Gasteiger partial charge is 0.159 e. The molecule has 140 valence electrons. The Labute approximate surface area is 162 Å². The number of aromatic nitrogens is 3. The molecule has 6 heteroatoms. The van der Waals surface area contributed by atoms with Crippen LogP contribution in [0.4, 0.5) is 4.39 Å². The molecular formula is C22H19FN4O. The second-order valence-corrected chi connectivity index (χ2v) is 6.61. The molecule has 0 spiro atoms. The summed E-state index contributed by atoms with van der Waals surface area (Å²) in [7, 11) is 0. The van der Waals surface area contributed by atoms with E-state index in [0.717, 1.165) is 18.5 Å². The lowest BCUT2D eigenvalue weighted by Crippen LogP contribution is -2.13. The van der Waals surface area contributed by atoms with Crippen molar-refractivity contribution >= 4 is 5.71 Å². The number of hydrogen-bond donors (Lipinski definition) is 0. The van der Waals surface area contributed by atoms with E-state index in [0.29, 0.717) is 29.3 Å². The normalized spacial score (nSPS) is 13.7. The summed E-state index contributed by atoms with van der Waals surface area (Å²) in [6.45, 7) is 0.549. The van der Waals surface area contributed by atoms with E-state index in [9.17, 15) is 4.39 Å². The van der Waals surface area contributed by atoms with Crippen LogP contribution in [0, 0.1) is 23.6 Å². The first-order valence-electron chi connectivity index (χ1n) is 9.14. The number of hydrogen-bond acceptors (Lipinski definition) is 4. The minimum Gasteiger partial charge on any atom is -0.389 e. The number of imidazole rings is 1. The van der Waals surface area contributed by atoms with Crippen LogP contribution in [-0.4, -0.2) is 20.2 Å². The van der Waals surface area contributed by atoms with Crippen molar-refractivity contribution in [1.29, 1.82) is 0 Å². The Morgan fingerprint density at radius 3 is 2.89 bits per heavy atom. The third-order valence-electron chi connectivity index (χ3n) is 4.28. The van der Waals surface area contributed by atoms with E-state index in [1.165, 1.54) is 6.07 Å². The van der Waals surface area contributed by atoms with Crippen molar-refractivity contribution in [2.24, 2.45) is 11.1 Å². The van der Waals surface area contributed by atoms with Crippen LogP contribution in [-0.2, 0) is 18.0 Å². The summed E-state index contributed by atoms with van der Waals surface area (Å²) in [5, 5.41) is 4.19. The number of nitrogens with zero attached hydrogens (tertiary/aromatic N) is 4. The molecule has 0 aliphatic heterocycles. The molecule has 2 heterocycles. The number of pyridine rings is 1. The van der Waals surface area contributed by atoms with Crippen LogP contribution in [0.15, 0.2) is 66.5 Å². The summed E-state index contributed by atoms with van der Waals surface area (Å²) < 4.78 is 16.6. The molecule has 0 amide bonds. The van der Waals surface area contributed by atoms with E-state index in [1.807, 2.05) is 28.8 Å². The van der Waals surface area contributed by atoms with Crippen molar-refractivity contribution in [3.8, 4) is 11.8 Å². The van der Waals surface area contributed by atoms with Crippen molar-refractivity contribution in [3.05, 3.63) is 84.0 Å². The van der Waals surface area contributed by atoms with Crippen molar-refractivity contribution < 1.29 is 9.23 Å². The van der Waals surface area contributed by atoms with Gasteiger partial charge >= 0.3 is 0 Å². The van der Waals surface area contributed by atoms with Gasteiger partial charge in [-0.25, -0.2) is 9.37 Å². The minimum atomic E-state index is -0.372. The van der Waals surface area contributed by atoms with Gasteiger partial charge in [0.05, 0.1) is 18.6 Å². The maximum absolute atomic E-state index is 14.8. The summed E-state index contributed by atoms with van der Waals surface area (Å²) in [6.07, 6.45) is 9.09. The monoisotopic (exact) mass is 374 g/mol. The van der Waals surface area contributed by atoms with Crippen LogP contribution >= 0.6 is 0 Å². The highest BCUT2D eigenvalue weighted by Crippen LogP contribution is 2.27. The Hall–Kier alpha value is -3.46. The maximum atomic E-state index is 14.8. The Morgan fingerprint density at radius 2 is 2.18 bits per heavy atom. The molecule has 1 saturated carbocycles. The van der Waals surface area contributed by atoms with Gasteiger partial charge in [-0.2, -0.15) is 0 Å². The molecule has 0 saturated heterocycles. The second kappa shape index (κ2) is 8.49. The van der Waals surface area contributed by atoms with Crippen molar-refractivity contribution in [1.82, 2.24) is 14.5 Å². The molecule has 5 nitrogen and oxygen atoms in total. The molecule has 3 aromatic rings. The van der Waals surface area contributed by atoms with Crippen molar-refractivity contribution in [2.75, 3.05) is 0 Å². The summed E-state index contributed by atoms with van der Waals surface area (Å²) in [6, 6.07) is 10.5. The fourth-order valence-corrected chi connectivity index (χ4v) is 2.62. The van der Waals surface area contributed by atoms with E-state index >= 15 is 0 Å². The first kappa shape index (κ1) is 17.9. The quantitative estimate of drug-likeness (QED) is 0.375. The standard InChI is InChI=1S/C22H19FN4O/c23-21-13-18(7-6-17-4-5-17)8-9-20(21)22(14-27-12-11-24-16-27)26-28-15-19-3-1-2-10-25-19/h1-3,8-13,16-17H,4-5,14-15H2. The third-order valence-corrected chi connectivity index (χ3v) is 4.28. The highest BCUT2D eigenvalue weighted by molar-refractivity contribution is 6.00. The molecule has 0 atom stereocenters. The van der Waals surface area contributed by atoms with Gasteiger partial charge in [0.25, 0.3) is 0 Å². The van der Waals surface area contributed by atoms with E-state index in [1.54, 1.807) is 31.0 Å². The zero-order chi connectivity index (χ0) is 19.2. The molecule has 1 aliphatic carbocycles. The predicted octanol–water partition coefficient (Wildman–Crippen LogP) is 3.80. The van der Waals surface area contributed by atoms with Gasteiger partial charge in [-0.3, -0.25) is 4.98 Å². The SMILES string of the molecule is Fc1cc(C#CC2CC2)ccc1C(Cn1ccnc1)=NOCc1ccccn1. The van der Waals surface area contributed by atoms with Crippen molar-refractivity contribution in [3.63, 3.8) is 0 Å². The second-order valence-electron chi connectivity index (χ2n) is 6.61. The van der Waals surface area contributed by atoms with Gasteiger partial charge in [-0.05, 0) is 43.2 Å². The van der Waals surface area contributed by atoms with Crippen molar-refractivity contribution in [2.45, 2.75) is 26.0 Å². The summed E-state index contributed by atoms with van der Waals surface area (Å²) >= 11 is 0. The molecule has 1 aromatic carbocycles. The van der Waals surface area contributed by atoms with Crippen LogP contribution in [0.25, 0.3) is 0 Å². The number of benzene rings is 1. The summed E-state index contributed by atoms with van der Waals surface area (Å²) in [4.78, 5) is 13.7. The third kappa shape index (κ3) is 4.83. The average Bonchev–Trinajstić information content (AvgIpc) is 3.41. The largest absolute Gasteiger partial charge is 0.389 e. The predicted molar refractivity (Wildman–Crippen MR) is 104 cm³/mol. The fraction of sp³-hybridized carbons (Fsp3) is 0.227. The van der Waals surface area contributed by atoms with Gasteiger partial charge in [-0.15, -0.1) is 0 Å². The molecule has 2 aromatic heterocycles. The van der Waals surface area contributed by atoms with Crippen LogP contribution in [0.3, 0.4) is 0 Å². The zero-order valence-electron chi connectivity index (χ0n) is 15.3. The van der Waals surface area contributed by atoms with Crippen LogP contribution in [0.2, 0.25) is 0 Å². The molecule has 0 radical (unpaired) electrons. The molecule has 28 heavy (non-hydrogen) atoms. The molecule has 0 bridgehead atoms. The number of halogens is 1. The average molecular weight is 374 g/mol. The Kier molecular flexibility index (Phi) is 5.43. The topological polar surface area (TPSA) is 52.3 Å². The molecule has 0 unspecified atom stereocenters. The Bertz CT molecular complexity index is 1020. The van der Waals surface area contributed by atoms with Gasteiger partial charge in [0.15, 0.2) is 6.61 Å². The van der Waals surface area contributed by atoms with E-state index in [4.69, 9.17) is 4.84 Å². The maximum Gasteiger partial charge on any atom is 0.159 e. The molecule has 1 aliphatic rings. The Balaban J connectivity index is 1.55. The van der Waals surface area contributed by atoms with Crippen LogP contribution < -0.4 is 0 Å². The summed E-state index contributed by atoms with van der Waals surface area (Å²) in [5.41, 5.74) is 2.27. The number of oxime groups is 1. The zero-order valence-corrected chi connectivity index (χ0v) is 15.3. The van der Waals surface area contributed by atoms with Crippen LogP contribution in [0.5, 0.6) is 0 Å². The van der Waals surface area contributed by atoms with E-state index in [2.05, 4.69) is 27.0 Å². The molecular weight excluding hydrogens is 355 g/mol. The lowest BCUT2D eigenvalue weighted by atomic mass is 10.1. The minimum absolute atomic E-state index is 0.209. The highest BCUT2D eigenvalue weighted by atomic mass is 19.1. The van der Waals surface area contributed by atoms with Gasteiger partial charge in [0, 0.05) is 35.6 Å². The Morgan fingerprint density at radius 1 is 1.25 bits per heavy atom. The van der Waals surface area contributed by atoms with Gasteiger partial charge in [0.2, 0.25) is 0 Å². The first-order chi connectivity index (χ1) is 13.8. The highest BCUT2D eigenvalue weighted by Gasteiger charge is 2.18. The molecule has 4 rings (SSSR count). The lowest BCUT2D eigenvalue weighted by molar-refractivity contribution is 0.127. The fourth-order valence-electron chi connectivity index (χ4n) is 2.62. The van der Waals surface area contributed by atoms with Gasteiger partial charge in [0.1, 0.15) is 11.5 Å². The van der Waals surface area contributed by atoms with Gasteiger partial charge < -0.3 is 9.40 Å².